The number of benzene rings is 1. The normalized spacial score (nSPS) is 10.7. The molecule has 3 nitrogen and oxygen atoms in total. The molecule has 0 aliphatic carbocycles. The lowest BCUT2D eigenvalue weighted by atomic mass is 10.0. The van der Waals surface area contributed by atoms with Crippen LogP contribution in [-0.2, 0) is 24.7 Å². The molecular formula is C16H20N2O. The van der Waals surface area contributed by atoms with Crippen LogP contribution in [0.15, 0.2) is 30.3 Å². The van der Waals surface area contributed by atoms with Gasteiger partial charge in [0.2, 0.25) is 0 Å². The molecule has 1 aromatic heterocycles. The van der Waals surface area contributed by atoms with Crippen LogP contribution in [0.5, 0.6) is 0 Å². The Morgan fingerprint density at radius 2 is 1.89 bits per heavy atom. The van der Waals surface area contributed by atoms with E-state index >= 15 is 0 Å². The van der Waals surface area contributed by atoms with Gasteiger partial charge in [0.1, 0.15) is 5.78 Å². The van der Waals surface area contributed by atoms with Gasteiger partial charge in [0.05, 0.1) is 5.69 Å². The Morgan fingerprint density at radius 1 is 1.21 bits per heavy atom. The Balaban J connectivity index is 1.88. The number of aromatic nitrogens is 2. The van der Waals surface area contributed by atoms with Crippen LogP contribution in [-0.4, -0.2) is 15.6 Å². The van der Waals surface area contributed by atoms with E-state index in [1.165, 1.54) is 11.1 Å². The van der Waals surface area contributed by atoms with Gasteiger partial charge >= 0.3 is 0 Å². The zero-order valence-electron chi connectivity index (χ0n) is 11.8. The number of hydrogen-bond acceptors (Lipinski definition) is 2. The number of rotatable bonds is 5. The van der Waals surface area contributed by atoms with Crippen LogP contribution in [0.2, 0.25) is 0 Å². The summed E-state index contributed by atoms with van der Waals surface area (Å²) in [6.07, 6.45) is 1.88. The average molecular weight is 256 g/mol. The van der Waals surface area contributed by atoms with Gasteiger partial charge in [0, 0.05) is 25.6 Å². The van der Waals surface area contributed by atoms with Crippen molar-refractivity contribution in [1.29, 1.82) is 0 Å². The van der Waals surface area contributed by atoms with Crippen molar-refractivity contribution in [3.8, 4) is 0 Å². The van der Waals surface area contributed by atoms with E-state index in [2.05, 4.69) is 36.3 Å². The smallest absolute Gasteiger partial charge is 0.139 e. The summed E-state index contributed by atoms with van der Waals surface area (Å²) < 4.78 is 1.79. The maximum Gasteiger partial charge on any atom is 0.139 e. The van der Waals surface area contributed by atoms with E-state index in [9.17, 15) is 4.79 Å². The molecule has 0 radical (unpaired) electrons. The summed E-state index contributed by atoms with van der Waals surface area (Å²) in [6.45, 7) is 4.01. The van der Waals surface area contributed by atoms with Gasteiger partial charge in [-0.2, -0.15) is 5.10 Å². The third-order valence-corrected chi connectivity index (χ3v) is 3.29. The molecule has 2 aromatic rings. The highest BCUT2D eigenvalue weighted by Crippen LogP contribution is 2.09. The van der Waals surface area contributed by atoms with Crippen molar-refractivity contribution in [3.63, 3.8) is 0 Å². The fourth-order valence-corrected chi connectivity index (χ4v) is 2.16. The fraction of sp³-hybridized carbons (Fsp3) is 0.375. The first kappa shape index (κ1) is 13.5. The van der Waals surface area contributed by atoms with Gasteiger partial charge in [-0.1, -0.05) is 29.8 Å². The zero-order valence-corrected chi connectivity index (χ0v) is 11.8. The van der Waals surface area contributed by atoms with E-state index in [0.29, 0.717) is 12.8 Å². The number of aryl methyl sites for hydroxylation is 4. The van der Waals surface area contributed by atoms with Gasteiger partial charge in [0.15, 0.2) is 0 Å². The Labute approximate surface area is 114 Å². The molecular weight excluding hydrogens is 236 g/mol. The molecule has 0 saturated heterocycles. The number of ketones is 1. The van der Waals surface area contributed by atoms with Crippen molar-refractivity contribution in [2.45, 2.75) is 33.1 Å². The third kappa shape index (κ3) is 3.78. The molecule has 0 atom stereocenters. The molecule has 19 heavy (non-hydrogen) atoms. The first-order valence-corrected chi connectivity index (χ1v) is 6.61. The van der Waals surface area contributed by atoms with Crippen LogP contribution >= 0.6 is 0 Å². The molecule has 0 aliphatic rings. The van der Waals surface area contributed by atoms with Gasteiger partial charge < -0.3 is 0 Å². The van der Waals surface area contributed by atoms with Crippen LogP contribution < -0.4 is 0 Å². The van der Waals surface area contributed by atoms with Crippen LogP contribution in [0.1, 0.15) is 28.9 Å². The summed E-state index contributed by atoms with van der Waals surface area (Å²) in [5, 5.41) is 4.26. The monoisotopic (exact) mass is 256 g/mol. The highest BCUT2D eigenvalue weighted by atomic mass is 16.1. The van der Waals surface area contributed by atoms with Crippen LogP contribution in [0.4, 0.5) is 0 Å². The second-order valence-electron chi connectivity index (χ2n) is 5.10. The molecule has 1 heterocycles. The third-order valence-electron chi connectivity index (χ3n) is 3.29. The van der Waals surface area contributed by atoms with Crippen LogP contribution in [0, 0.1) is 13.8 Å². The maximum absolute atomic E-state index is 12.0. The van der Waals surface area contributed by atoms with Crippen LogP contribution in [0.3, 0.4) is 0 Å². The second-order valence-corrected chi connectivity index (χ2v) is 5.10. The SMILES string of the molecule is Cc1ccc(CCC(=O)Cc2cc(C)nn2C)cc1. The van der Waals surface area contributed by atoms with Gasteiger partial charge in [-0.3, -0.25) is 9.48 Å². The number of nitrogens with zero attached hydrogens (tertiary/aromatic N) is 2. The highest BCUT2D eigenvalue weighted by Gasteiger charge is 2.08. The minimum absolute atomic E-state index is 0.267. The summed E-state index contributed by atoms with van der Waals surface area (Å²) in [5.41, 5.74) is 4.43. The molecule has 0 spiro atoms. The van der Waals surface area contributed by atoms with Crippen molar-refractivity contribution >= 4 is 5.78 Å². The average Bonchev–Trinajstić information content (AvgIpc) is 2.67. The van der Waals surface area contributed by atoms with E-state index in [0.717, 1.165) is 17.8 Å². The molecule has 3 heteroatoms. The van der Waals surface area contributed by atoms with E-state index in [4.69, 9.17) is 0 Å². The lowest BCUT2D eigenvalue weighted by Gasteiger charge is -2.03. The fourth-order valence-electron chi connectivity index (χ4n) is 2.16. The maximum atomic E-state index is 12.0. The standard InChI is InChI=1S/C16H20N2O/c1-12-4-6-14(7-5-12)8-9-16(19)11-15-10-13(2)17-18(15)3/h4-7,10H,8-9,11H2,1-3H3. The van der Waals surface area contributed by atoms with Crippen molar-refractivity contribution in [3.05, 3.63) is 52.8 Å². The largest absolute Gasteiger partial charge is 0.299 e. The summed E-state index contributed by atoms with van der Waals surface area (Å²) in [4.78, 5) is 12.0. The molecule has 0 amide bonds. The summed E-state index contributed by atoms with van der Waals surface area (Å²) >= 11 is 0. The molecule has 0 unspecified atom stereocenters. The van der Waals surface area contributed by atoms with E-state index in [1.54, 1.807) is 4.68 Å². The minimum Gasteiger partial charge on any atom is -0.299 e. The highest BCUT2D eigenvalue weighted by molar-refractivity contribution is 5.80. The summed E-state index contributed by atoms with van der Waals surface area (Å²) in [7, 11) is 1.88. The molecule has 0 N–H and O–H groups in total. The van der Waals surface area contributed by atoms with Crippen molar-refractivity contribution in [1.82, 2.24) is 9.78 Å². The van der Waals surface area contributed by atoms with Gasteiger partial charge in [-0.15, -0.1) is 0 Å². The number of carbonyl (C=O) groups is 1. The molecule has 0 aliphatic heterocycles. The summed E-state index contributed by atoms with van der Waals surface area (Å²) in [6, 6.07) is 10.3. The number of hydrogen-bond donors (Lipinski definition) is 0. The number of Topliss-reactive ketones (excluding diaryl/α,β-unsaturated/α-hetero) is 1. The summed E-state index contributed by atoms with van der Waals surface area (Å²) in [5.74, 6) is 0.267. The number of carbonyl (C=O) groups excluding carboxylic acids is 1. The Hall–Kier alpha value is -1.90. The predicted octanol–water partition coefficient (Wildman–Crippen LogP) is 2.78. The van der Waals surface area contributed by atoms with E-state index < -0.39 is 0 Å². The lowest BCUT2D eigenvalue weighted by Crippen LogP contribution is -2.08. The molecule has 0 saturated carbocycles. The first-order valence-electron chi connectivity index (χ1n) is 6.61. The van der Waals surface area contributed by atoms with Crippen molar-refractivity contribution < 1.29 is 4.79 Å². The van der Waals surface area contributed by atoms with Crippen LogP contribution in [0.25, 0.3) is 0 Å². The zero-order chi connectivity index (χ0) is 13.8. The van der Waals surface area contributed by atoms with E-state index in [1.807, 2.05) is 20.0 Å². The molecule has 100 valence electrons. The van der Waals surface area contributed by atoms with Gasteiger partial charge in [0.25, 0.3) is 0 Å². The predicted molar refractivity (Wildman–Crippen MR) is 76.2 cm³/mol. The van der Waals surface area contributed by atoms with Crippen molar-refractivity contribution in [2.75, 3.05) is 0 Å². The van der Waals surface area contributed by atoms with Crippen molar-refractivity contribution in [2.24, 2.45) is 7.05 Å². The second kappa shape index (κ2) is 5.83. The Morgan fingerprint density at radius 3 is 2.47 bits per heavy atom. The molecule has 0 fully saturated rings. The van der Waals surface area contributed by atoms with Gasteiger partial charge in [-0.25, -0.2) is 0 Å². The Bertz CT molecular complexity index is 567. The molecule has 2 rings (SSSR count). The Kier molecular flexibility index (Phi) is 4.15. The quantitative estimate of drug-likeness (QED) is 0.824. The minimum atomic E-state index is 0.267. The molecule has 1 aromatic carbocycles. The lowest BCUT2D eigenvalue weighted by molar-refractivity contribution is -0.118. The van der Waals surface area contributed by atoms with E-state index in [-0.39, 0.29) is 5.78 Å². The first-order chi connectivity index (χ1) is 9.04. The van der Waals surface area contributed by atoms with Gasteiger partial charge in [-0.05, 0) is 31.9 Å². The molecule has 0 bridgehead atoms. The topological polar surface area (TPSA) is 34.9 Å².